The van der Waals surface area contributed by atoms with Gasteiger partial charge in [0.1, 0.15) is 12.2 Å². The van der Waals surface area contributed by atoms with Crippen LogP contribution in [0.1, 0.15) is 44.0 Å². The Labute approximate surface area is 134 Å². The van der Waals surface area contributed by atoms with E-state index in [0.29, 0.717) is 12.6 Å². The number of pyridine rings is 1. The average molecular weight is 308 g/mol. The van der Waals surface area contributed by atoms with Crippen LogP contribution in [-0.2, 0) is 6.54 Å². The molecule has 0 radical (unpaired) electrons. The SMILES string of the molecule is O=c1ccn(Cc2ncnn2C2CCCCC2)c2ccccc12. The molecule has 5 nitrogen and oxygen atoms in total. The summed E-state index contributed by atoms with van der Waals surface area (Å²) in [4.78, 5) is 16.5. The van der Waals surface area contributed by atoms with Crippen molar-refractivity contribution in [2.24, 2.45) is 0 Å². The smallest absolute Gasteiger partial charge is 0.189 e. The van der Waals surface area contributed by atoms with Gasteiger partial charge >= 0.3 is 0 Å². The van der Waals surface area contributed by atoms with Gasteiger partial charge in [-0.1, -0.05) is 31.4 Å². The number of aromatic nitrogens is 4. The molecule has 0 N–H and O–H groups in total. The molecule has 0 bridgehead atoms. The van der Waals surface area contributed by atoms with Crippen molar-refractivity contribution in [3.63, 3.8) is 0 Å². The minimum absolute atomic E-state index is 0.0607. The third-order valence-corrected chi connectivity index (χ3v) is 4.76. The monoisotopic (exact) mass is 308 g/mol. The summed E-state index contributed by atoms with van der Waals surface area (Å²) in [5, 5.41) is 5.21. The summed E-state index contributed by atoms with van der Waals surface area (Å²) in [5.74, 6) is 0.964. The Kier molecular flexibility index (Phi) is 3.69. The van der Waals surface area contributed by atoms with Crippen molar-refractivity contribution in [1.29, 1.82) is 0 Å². The fraction of sp³-hybridized carbons (Fsp3) is 0.389. The first-order valence-electron chi connectivity index (χ1n) is 8.29. The maximum Gasteiger partial charge on any atom is 0.189 e. The first kappa shape index (κ1) is 14.2. The Balaban J connectivity index is 1.71. The van der Waals surface area contributed by atoms with E-state index in [1.807, 2.05) is 30.5 Å². The third kappa shape index (κ3) is 2.67. The van der Waals surface area contributed by atoms with E-state index >= 15 is 0 Å². The number of hydrogen-bond acceptors (Lipinski definition) is 3. The second-order valence-electron chi connectivity index (χ2n) is 6.24. The van der Waals surface area contributed by atoms with Crippen molar-refractivity contribution in [3.8, 4) is 0 Å². The maximum atomic E-state index is 12.0. The minimum Gasteiger partial charge on any atom is -0.340 e. The van der Waals surface area contributed by atoms with E-state index in [1.165, 1.54) is 32.1 Å². The summed E-state index contributed by atoms with van der Waals surface area (Å²) in [5.41, 5.74) is 1.00. The van der Waals surface area contributed by atoms with Gasteiger partial charge in [0.05, 0.1) is 18.1 Å². The molecule has 1 aliphatic rings. The van der Waals surface area contributed by atoms with E-state index in [4.69, 9.17) is 0 Å². The van der Waals surface area contributed by atoms with Crippen molar-refractivity contribution in [2.45, 2.75) is 44.7 Å². The number of hydrogen-bond donors (Lipinski definition) is 0. The van der Waals surface area contributed by atoms with Gasteiger partial charge in [-0.15, -0.1) is 0 Å². The highest BCUT2D eigenvalue weighted by molar-refractivity contribution is 5.78. The van der Waals surface area contributed by atoms with Gasteiger partial charge in [0, 0.05) is 17.6 Å². The molecule has 0 unspecified atom stereocenters. The topological polar surface area (TPSA) is 52.7 Å². The Morgan fingerprint density at radius 2 is 1.91 bits per heavy atom. The fourth-order valence-corrected chi connectivity index (χ4v) is 3.57. The molecule has 1 aromatic carbocycles. The van der Waals surface area contributed by atoms with Gasteiger partial charge in [-0.05, 0) is 25.0 Å². The molecule has 4 rings (SSSR count). The number of nitrogens with zero attached hydrogens (tertiary/aromatic N) is 4. The third-order valence-electron chi connectivity index (χ3n) is 4.76. The van der Waals surface area contributed by atoms with Crippen LogP contribution in [0.15, 0.2) is 47.7 Å². The lowest BCUT2D eigenvalue weighted by atomic mass is 9.95. The van der Waals surface area contributed by atoms with Gasteiger partial charge < -0.3 is 4.57 Å². The van der Waals surface area contributed by atoms with Gasteiger partial charge in [-0.2, -0.15) is 5.10 Å². The van der Waals surface area contributed by atoms with Crippen LogP contribution in [-0.4, -0.2) is 19.3 Å². The van der Waals surface area contributed by atoms with Crippen molar-refractivity contribution < 1.29 is 0 Å². The predicted octanol–water partition coefficient (Wildman–Crippen LogP) is 3.15. The molecule has 23 heavy (non-hydrogen) atoms. The summed E-state index contributed by atoms with van der Waals surface area (Å²) in [6.07, 6.45) is 9.72. The van der Waals surface area contributed by atoms with Crippen LogP contribution >= 0.6 is 0 Å². The van der Waals surface area contributed by atoms with Crippen LogP contribution in [0.5, 0.6) is 0 Å². The van der Waals surface area contributed by atoms with Gasteiger partial charge in [-0.3, -0.25) is 4.79 Å². The summed E-state index contributed by atoms with van der Waals surface area (Å²) >= 11 is 0. The fourth-order valence-electron chi connectivity index (χ4n) is 3.57. The van der Waals surface area contributed by atoms with Crippen molar-refractivity contribution in [2.75, 3.05) is 0 Å². The molecule has 3 aromatic rings. The quantitative estimate of drug-likeness (QED) is 0.747. The summed E-state index contributed by atoms with van der Waals surface area (Å²) < 4.78 is 4.17. The van der Waals surface area contributed by atoms with E-state index in [2.05, 4.69) is 19.3 Å². The first-order chi connectivity index (χ1) is 11.3. The number of benzene rings is 1. The second kappa shape index (κ2) is 5.99. The van der Waals surface area contributed by atoms with Crippen LogP contribution in [0.2, 0.25) is 0 Å². The Hall–Kier alpha value is -2.43. The molecule has 0 aliphatic heterocycles. The van der Waals surface area contributed by atoms with Crippen LogP contribution < -0.4 is 5.43 Å². The summed E-state index contributed by atoms with van der Waals surface area (Å²) in [6, 6.07) is 9.82. The largest absolute Gasteiger partial charge is 0.340 e. The molecule has 2 heterocycles. The lowest BCUT2D eigenvalue weighted by molar-refractivity contribution is 0.319. The van der Waals surface area contributed by atoms with Crippen molar-refractivity contribution in [1.82, 2.24) is 19.3 Å². The molecule has 1 fully saturated rings. The predicted molar refractivity (Wildman–Crippen MR) is 89.5 cm³/mol. The van der Waals surface area contributed by atoms with Crippen LogP contribution in [0, 0.1) is 0 Å². The zero-order valence-corrected chi connectivity index (χ0v) is 13.1. The highest BCUT2D eigenvalue weighted by Crippen LogP contribution is 2.28. The van der Waals surface area contributed by atoms with E-state index in [1.54, 1.807) is 12.4 Å². The molecule has 0 spiro atoms. The van der Waals surface area contributed by atoms with Crippen LogP contribution in [0.4, 0.5) is 0 Å². The van der Waals surface area contributed by atoms with E-state index < -0.39 is 0 Å². The molecular weight excluding hydrogens is 288 g/mol. The molecule has 1 saturated carbocycles. The average Bonchev–Trinajstić information content (AvgIpc) is 3.07. The van der Waals surface area contributed by atoms with E-state index in [9.17, 15) is 4.79 Å². The zero-order chi connectivity index (χ0) is 15.6. The Morgan fingerprint density at radius 3 is 2.78 bits per heavy atom. The van der Waals surface area contributed by atoms with Gasteiger partial charge in [-0.25, -0.2) is 9.67 Å². The normalized spacial score (nSPS) is 16.0. The second-order valence-corrected chi connectivity index (χ2v) is 6.24. The lowest BCUT2D eigenvalue weighted by Gasteiger charge is -2.23. The molecule has 0 saturated heterocycles. The summed E-state index contributed by atoms with van der Waals surface area (Å²) in [7, 11) is 0. The molecule has 5 heteroatoms. The van der Waals surface area contributed by atoms with Gasteiger partial charge in [0.2, 0.25) is 0 Å². The highest BCUT2D eigenvalue weighted by atomic mass is 16.1. The number of para-hydroxylation sites is 1. The lowest BCUT2D eigenvalue weighted by Crippen LogP contribution is -2.19. The Morgan fingerprint density at radius 1 is 1.09 bits per heavy atom. The Bertz CT molecular complexity index is 874. The molecule has 1 aliphatic carbocycles. The highest BCUT2D eigenvalue weighted by Gasteiger charge is 2.19. The van der Waals surface area contributed by atoms with Crippen molar-refractivity contribution in [3.05, 3.63) is 58.9 Å². The number of rotatable bonds is 3. The maximum absolute atomic E-state index is 12.0. The molecule has 0 amide bonds. The van der Waals surface area contributed by atoms with Gasteiger partial charge in [0.25, 0.3) is 0 Å². The van der Waals surface area contributed by atoms with Gasteiger partial charge in [0.15, 0.2) is 5.43 Å². The van der Waals surface area contributed by atoms with Crippen molar-refractivity contribution >= 4 is 10.9 Å². The van der Waals surface area contributed by atoms with Crippen LogP contribution in [0.3, 0.4) is 0 Å². The minimum atomic E-state index is 0.0607. The van der Waals surface area contributed by atoms with E-state index in [-0.39, 0.29) is 5.43 Å². The molecule has 118 valence electrons. The van der Waals surface area contributed by atoms with E-state index in [0.717, 1.165) is 16.7 Å². The number of fused-ring (bicyclic) bond motifs is 1. The summed E-state index contributed by atoms with van der Waals surface area (Å²) in [6.45, 7) is 0.636. The zero-order valence-electron chi connectivity index (χ0n) is 13.1. The molecular formula is C18H20N4O. The first-order valence-corrected chi connectivity index (χ1v) is 8.29. The molecule has 2 aromatic heterocycles. The molecule has 0 atom stereocenters. The van der Waals surface area contributed by atoms with Crippen LogP contribution in [0.25, 0.3) is 10.9 Å². The standard InChI is InChI=1S/C18H20N4O/c23-17-10-11-21(16-9-5-4-8-15(16)17)12-18-19-13-20-22(18)14-6-2-1-3-7-14/h4-5,8-11,13-14H,1-3,6-7,12H2.